The molecule has 23 nitrogen and oxygen atoms in total. The number of hydrogen-bond donors (Lipinski definition) is 5. The fraction of sp³-hybridized carbons (Fsp3) is 0.471. The first-order valence-electron chi connectivity index (χ1n) is 24.9. The van der Waals surface area contributed by atoms with Crippen molar-refractivity contribution in [2.24, 2.45) is 17.4 Å². The van der Waals surface area contributed by atoms with Gasteiger partial charge in [0.2, 0.25) is 35.4 Å². The molecule has 4 aromatic heterocycles. The molecule has 6 aromatic rings. The lowest BCUT2D eigenvalue weighted by atomic mass is 9.91. The number of aryl methyl sites for hydroxylation is 4. The van der Waals surface area contributed by atoms with E-state index in [0.717, 1.165) is 6.42 Å². The van der Waals surface area contributed by atoms with E-state index in [9.17, 15) is 24.0 Å². The summed E-state index contributed by atoms with van der Waals surface area (Å²) in [5, 5.41) is 13.4. The number of benzene rings is 2. The normalized spacial score (nSPS) is 15.1. The molecule has 6 heterocycles. The topological polar surface area (TPSA) is 287 Å². The van der Waals surface area contributed by atoms with E-state index in [2.05, 4.69) is 44.8 Å². The second-order valence-electron chi connectivity index (χ2n) is 19.1. The van der Waals surface area contributed by atoms with Crippen molar-refractivity contribution < 1.29 is 42.6 Å². The summed E-state index contributed by atoms with van der Waals surface area (Å²) >= 11 is 0. The minimum Gasteiger partial charge on any atom is -0.494 e. The average molecular weight is 1020 g/mol. The average Bonchev–Trinajstić information content (AvgIpc) is 4.14. The Morgan fingerprint density at radius 2 is 1.47 bits per heavy atom. The standard InChI is InChI=1S/C51H66N14O9/c1-9-34-43(74-31(6)55-34)47(69)59-50-57-36-23-33(45(53)67)25-40(72-18-13-14-61-26-51(27-61)28-62(17-19-73-51)48(70)37(54-7)20-29(3)4)42(36)64(50)16-12-11-15-63-41-35(22-32(44(52)66)24-39(41)71-8)56-49(63)58-46(68)38-21-30(5)60-65(38)10-2/h11-12,21-25,29,37,54H,9-10,13-20,26-28H2,1-8H3,(H2,52,66)(H2,53,67)(H,56,58,68)(H,57,59,69)/b12-11+/t37-/m0/s1. The zero-order chi connectivity index (χ0) is 53.0. The summed E-state index contributed by atoms with van der Waals surface area (Å²) in [7, 11) is 3.29. The van der Waals surface area contributed by atoms with Gasteiger partial charge in [-0.15, -0.1) is 0 Å². The number of morpholine rings is 1. The lowest BCUT2D eigenvalue weighted by Crippen LogP contribution is -2.71. The number of methoxy groups -OCH3 is 1. The van der Waals surface area contributed by atoms with Gasteiger partial charge in [0, 0.05) is 63.9 Å². The number of imidazole rings is 2. The Morgan fingerprint density at radius 1 is 0.851 bits per heavy atom. The van der Waals surface area contributed by atoms with Gasteiger partial charge in [-0.05, 0) is 76.4 Å². The zero-order valence-corrected chi connectivity index (χ0v) is 43.2. The number of nitrogens with two attached hydrogens (primary N) is 2. The van der Waals surface area contributed by atoms with E-state index >= 15 is 0 Å². The third kappa shape index (κ3) is 11.1. The smallest absolute Gasteiger partial charge is 0.295 e. The van der Waals surface area contributed by atoms with Gasteiger partial charge in [0.25, 0.3) is 11.8 Å². The SMILES string of the molecule is CCc1nc(C)oc1C(=O)Nc1nc2cc(C(N)=O)cc(OCCCN3CC4(C3)CN(C(=O)[C@H](CC(C)C)NC)CCO4)c2n1C/C=C/Cn1c(NC(=O)c2cc(C)nn2CC)nc2cc(C(N)=O)cc(OC)c21. The molecule has 2 fully saturated rings. The van der Waals surface area contributed by atoms with Crippen molar-refractivity contribution in [2.75, 3.05) is 70.7 Å². The lowest BCUT2D eigenvalue weighted by molar-refractivity contribution is -0.190. The second kappa shape index (κ2) is 22.2. The Morgan fingerprint density at radius 3 is 2.05 bits per heavy atom. The first-order chi connectivity index (χ1) is 35.4. The summed E-state index contributed by atoms with van der Waals surface area (Å²) in [4.78, 5) is 84.3. The van der Waals surface area contributed by atoms with E-state index in [0.29, 0.717) is 121 Å². The summed E-state index contributed by atoms with van der Waals surface area (Å²) < 4.78 is 29.3. The molecular formula is C51H66N14O9. The molecule has 8 rings (SSSR count). The number of carbonyl (C=O) groups is 5. The number of anilines is 2. The van der Waals surface area contributed by atoms with Crippen molar-refractivity contribution in [3.63, 3.8) is 0 Å². The fourth-order valence-corrected chi connectivity index (χ4v) is 9.75. The van der Waals surface area contributed by atoms with Crippen LogP contribution in [0.1, 0.15) is 99.6 Å². The Labute approximate surface area is 427 Å². The number of nitrogens with one attached hydrogen (secondary N) is 3. The molecular weight excluding hydrogens is 953 g/mol. The Bertz CT molecular complexity index is 3120. The monoisotopic (exact) mass is 1020 g/mol. The molecule has 2 aliphatic heterocycles. The van der Waals surface area contributed by atoms with Crippen LogP contribution >= 0.6 is 0 Å². The van der Waals surface area contributed by atoms with E-state index in [1.807, 2.05) is 37.9 Å². The molecule has 394 valence electrons. The van der Waals surface area contributed by atoms with Gasteiger partial charge < -0.3 is 49.4 Å². The number of rotatable bonds is 22. The van der Waals surface area contributed by atoms with Crippen molar-refractivity contribution in [2.45, 2.75) is 92.1 Å². The van der Waals surface area contributed by atoms with Gasteiger partial charge in [0.15, 0.2) is 5.89 Å². The molecule has 23 heteroatoms. The number of oxazole rings is 1. The molecule has 0 radical (unpaired) electrons. The van der Waals surface area contributed by atoms with E-state index < -0.39 is 29.2 Å². The summed E-state index contributed by atoms with van der Waals surface area (Å²) in [5.41, 5.74) is 14.5. The van der Waals surface area contributed by atoms with Crippen LogP contribution in [0.3, 0.4) is 0 Å². The minimum atomic E-state index is -0.694. The number of hydrogen-bond acceptors (Lipinski definition) is 15. The quantitative estimate of drug-likeness (QED) is 0.0474. The van der Waals surface area contributed by atoms with E-state index in [1.165, 1.54) is 19.2 Å². The molecule has 74 heavy (non-hydrogen) atoms. The number of carbonyl (C=O) groups excluding carboxylic acids is 5. The molecule has 0 bridgehead atoms. The largest absolute Gasteiger partial charge is 0.494 e. The summed E-state index contributed by atoms with van der Waals surface area (Å²) in [6.45, 7) is 16.0. The van der Waals surface area contributed by atoms with Crippen LogP contribution in [0.2, 0.25) is 0 Å². The highest BCUT2D eigenvalue weighted by Gasteiger charge is 2.48. The van der Waals surface area contributed by atoms with Crippen LogP contribution in [-0.4, -0.2) is 145 Å². The highest BCUT2D eigenvalue weighted by molar-refractivity contribution is 6.05. The van der Waals surface area contributed by atoms with E-state index in [4.69, 9.17) is 40.1 Å². The molecule has 7 N–H and O–H groups in total. The number of primary amides is 2. The van der Waals surface area contributed by atoms with E-state index in [-0.39, 0.29) is 60.4 Å². The third-order valence-corrected chi connectivity index (χ3v) is 13.2. The van der Waals surface area contributed by atoms with Gasteiger partial charge in [-0.3, -0.25) is 44.2 Å². The van der Waals surface area contributed by atoms with Crippen LogP contribution in [0.4, 0.5) is 11.9 Å². The third-order valence-electron chi connectivity index (χ3n) is 13.2. The maximum atomic E-state index is 13.9. The van der Waals surface area contributed by atoms with Crippen molar-refractivity contribution >= 4 is 63.5 Å². The summed E-state index contributed by atoms with van der Waals surface area (Å²) in [6, 6.07) is 7.60. The number of likely N-dealkylation sites (tertiary alicyclic amines) is 1. The minimum absolute atomic E-state index is 0.0413. The number of aromatic nitrogens is 7. The Kier molecular flexibility index (Phi) is 15.8. The number of ether oxygens (including phenoxy) is 3. The van der Waals surface area contributed by atoms with Crippen LogP contribution < -0.4 is 36.9 Å². The van der Waals surface area contributed by atoms with Gasteiger partial charge in [0.05, 0.1) is 55.3 Å². The summed E-state index contributed by atoms with van der Waals surface area (Å²) in [5.74, 6) is -0.643. The number of fused-ring (bicyclic) bond motifs is 2. The highest BCUT2D eigenvalue weighted by atomic mass is 16.5. The second-order valence-corrected chi connectivity index (χ2v) is 19.1. The predicted octanol–water partition coefficient (Wildman–Crippen LogP) is 4.05. The molecule has 2 saturated heterocycles. The van der Waals surface area contributed by atoms with Crippen LogP contribution in [0.5, 0.6) is 11.5 Å². The highest BCUT2D eigenvalue weighted by Crippen LogP contribution is 2.34. The van der Waals surface area contributed by atoms with Crippen molar-refractivity contribution in [3.05, 3.63) is 82.3 Å². The first-order valence-corrected chi connectivity index (χ1v) is 24.9. The first kappa shape index (κ1) is 52.7. The van der Waals surface area contributed by atoms with E-state index in [1.54, 1.807) is 45.9 Å². The number of allylic oxidation sites excluding steroid dienone is 2. The van der Waals surface area contributed by atoms with Crippen molar-refractivity contribution in [1.82, 2.24) is 49.0 Å². The van der Waals surface area contributed by atoms with Gasteiger partial charge in [-0.1, -0.05) is 32.9 Å². The number of amides is 5. The number of nitrogens with zero attached hydrogens (tertiary/aromatic N) is 9. The molecule has 5 amide bonds. The summed E-state index contributed by atoms with van der Waals surface area (Å²) in [6.07, 6.45) is 5.48. The Balaban J connectivity index is 1.06. The maximum absolute atomic E-state index is 13.9. The fourth-order valence-electron chi connectivity index (χ4n) is 9.75. The zero-order valence-electron chi connectivity index (χ0n) is 43.2. The molecule has 1 atom stereocenters. The maximum Gasteiger partial charge on any atom is 0.295 e. The molecule has 0 aliphatic carbocycles. The predicted molar refractivity (Wildman–Crippen MR) is 275 cm³/mol. The van der Waals surface area contributed by atoms with Crippen LogP contribution in [0.25, 0.3) is 22.1 Å². The van der Waals surface area contributed by atoms with Gasteiger partial charge in [-0.25, -0.2) is 15.0 Å². The van der Waals surface area contributed by atoms with Crippen LogP contribution in [0, 0.1) is 19.8 Å². The molecule has 2 aliphatic rings. The van der Waals surface area contributed by atoms with Crippen LogP contribution in [0.15, 0.2) is 46.9 Å². The number of likely N-dealkylation sites (N-methyl/N-ethyl adjacent to an activating group) is 1. The molecule has 0 saturated carbocycles. The Hall–Kier alpha value is -7.63. The van der Waals surface area contributed by atoms with Gasteiger partial charge in [-0.2, -0.15) is 5.10 Å². The lowest BCUT2D eigenvalue weighted by Gasteiger charge is -2.54. The van der Waals surface area contributed by atoms with Gasteiger partial charge in [0.1, 0.15) is 33.8 Å². The van der Waals surface area contributed by atoms with Crippen molar-refractivity contribution in [1.29, 1.82) is 0 Å². The van der Waals surface area contributed by atoms with Crippen LogP contribution in [-0.2, 0) is 35.6 Å². The van der Waals surface area contributed by atoms with Gasteiger partial charge >= 0.3 is 0 Å². The molecule has 2 aromatic carbocycles. The molecule has 0 unspecified atom stereocenters. The van der Waals surface area contributed by atoms with Crippen molar-refractivity contribution in [3.8, 4) is 11.5 Å². The molecule has 1 spiro atoms.